The van der Waals surface area contributed by atoms with E-state index in [1.807, 2.05) is 6.07 Å². The highest BCUT2D eigenvalue weighted by atomic mass is 19.1. The lowest BCUT2D eigenvalue weighted by Gasteiger charge is -2.10. The van der Waals surface area contributed by atoms with Gasteiger partial charge in [0, 0.05) is 46.5 Å². The molecule has 1 aromatic carbocycles. The van der Waals surface area contributed by atoms with Crippen molar-refractivity contribution in [3.63, 3.8) is 0 Å². The second-order valence-electron chi connectivity index (χ2n) is 9.29. The highest BCUT2D eigenvalue weighted by Crippen LogP contribution is 2.37. The van der Waals surface area contributed by atoms with Crippen LogP contribution in [0.2, 0.25) is 0 Å². The summed E-state index contributed by atoms with van der Waals surface area (Å²) < 4.78 is 30.6. The number of halogens is 2. The van der Waals surface area contributed by atoms with Gasteiger partial charge in [0.2, 0.25) is 0 Å². The van der Waals surface area contributed by atoms with E-state index in [0.29, 0.717) is 45.3 Å². The van der Waals surface area contributed by atoms with Crippen molar-refractivity contribution in [2.75, 3.05) is 5.32 Å². The topological polar surface area (TPSA) is 108 Å². The van der Waals surface area contributed by atoms with Crippen LogP contribution < -0.4 is 5.32 Å². The quantitative estimate of drug-likeness (QED) is 0.247. The summed E-state index contributed by atoms with van der Waals surface area (Å²) in [6.07, 6.45) is 8.51. The molecule has 1 aliphatic carbocycles. The van der Waals surface area contributed by atoms with E-state index in [1.54, 1.807) is 42.9 Å². The van der Waals surface area contributed by atoms with Gasteiger partial charge in [-0.25, -0.2) is 23.7 Å². The molecule has 6 aromatic rings. The highest BCUT2D eigenvalue weighted by Gasteiger charge is 2.25. The van der Waals surface area contributed by atoms with Gasteiger partial charge in [0.05, 0.1) is 22.8 Å². The normalized spacial score (nSPS) is 13.3. The van der Waals surface area contributed by atoms with Crippen LogP contribution in [0.15, 0.2) is 73.5 Å². The van der Waals surface area contributed by atoms with E-state index in [0.717, 1.165) is 24.2 Å². The van der Waals surface area contributed by atoms with Gasteiger partial charge in [-0.3, -0.25) is 10.1 Å². The summed E-state index contributed by atoms with van der Waals surface area (Å²) >= 11 is 0. The molecule has 0 atom stereocenters. The largest absolute Gasteiger partial charge is 0.358 e. The standard InChI is InChI=1S/C28H20F2N8/c1-14(15-6-7-15)34-17-10-16(11-31-12-17)20-13-33-26-22(23(20)30)25(37-38-26)28-35-24-19(8-9-32-27(24)36-28)18-4-2-3-5-21(18)29/h2-5,8-13,15,34H,1,6-7H2,(H,32,35,36)(H,33,37,38). The fourth-order valence-electron chi connectivity index (χ4n) is 4.63. The van der Waals surface area contributed by atoms with Crippen molar-refractivity contribution in [1.29, 1.82) is 0 Å². The Morgan fingerprint density at radius 1 is 0.974 bits per heavy atom. The van der Waals surface area contributed by atoms with Gasteiger partial charge in [0.1, 0.15) is 17.3 Å². The van der Waals surface area contributed by atoms with Crippen molar-refractivity contribution < 1.29 is 8.78 Å². The molecule has 0 saturated heterocycles. The molecule has 0 unspecified atom stereocenters. The zero-order valence-electron chi connectivity index (χ0n) is 20.0. The summed E-state index contributed by atoms with van der Waals surface area (Å²) in [5, 5.41) is 10.5. The Morgan fingerprint density at radius 3 is 2.68 bits per heavy atom. The number of imidazole rings is 1. The third-order valence-electron chi connectivity index (χ3n) is 6.74. The van der Waals surface area contributed by atoms with Crippen molar-refractivity contribution in [2.45, 2.75) is 12.8 Å². The predicted molar refractivity (Wildman–Crippen MR) is 141 cm³/mol. The van der Waals surface area contributed by atoms with Crippen LogP contribution >= 0.6 is 0 Å². The number of nitrogens with one attached hydrogen (secondary N) is 3. The SMILES string of the molecule is C=C(Nc1cncc(-c2cnc3n[nH]c(-c4nc5nccc(-c6ccccc6F)c5[nH]4)c3c2F)c1)C1CC1. The maximum absolute atomic E-state index is 16.0. The first-order valence-electron chi connectivity index (χ1n) is 12.1. The second-order valence-corrected chi connectivity index (χ2v) is 9.29. The smallest absolute Gasteiger partial charge is 0.184 e. The first kappa shape index (κ1) is 22.2. The summed E-state index contributed by atoms with van der Waals surface area (Å²) in [4.78, 5) is 20.7. The molecule has 5 heterocycles. The summed E-state index contributed by atoms with van der Waals surface area (Å²) in [7, 11) is 0. The van der Waals surface area contributed by atoms with Crippen LogP contribution in [0.25, 0.3) is 56.0 Å². The molecule has 8 nitrogen and oxygen atoms in total. The molecule has 5 aromatic heterocycles. The number of aromatic nitrogens is 7. The Hall–Kier alpha value is -4.99. The Kier molecular flexibility index (Phi) is 5.00. The molecule has 10 heteroatoms. The number of pyridine rings is 3. The average molecular weight is 507 g/mol. The lowest BCUT2D eigenvalue weighted by molar-refractivity contribution is 0.631. The van der Waals surface area contributed by atoms with Crippen molar-refractivity contribution in [3.8, 4) is 33.8 Å². The Labute approximate surface area is 214 Å². The molecule has 0 aliphatic heterocycles. The van der Waals surface area contributed by atoms with E-state index in [4.69, 9.17) is 0 Å². The van der Waals surface area contributed by atoms with E-state index in [-0.39, 0.29) is 22.4 Å². The Balaban J connectivity index is 1.33. The van der Waals surface area contributed by atoms with Gasteiger partial charge in [-0.2, -0.15) is 5.10 Å². The van der Waals surface area contributed by atoms with Crippen LogP contribution in [0.3, 0.4) is 0 Å². The number of allylic oxidation sites excluding steroid dienone is 1. The molecule has 186 valence electrons. The molecule has 0 spiro atoms. The van der Waals surface area contributed by atoms with Crippen molar-refractivity contribution >= 4 is 27.9 Å². The molecule has 0 radical (unpaired) electrons. The molecule has 1 fully saturated rings. The van der Waals surface area contributed by atoms with E-state index >= 15 is 4.39 Å². The number of hydrogen-bond acceptors (Lipinski definition) is 6. The highest BCUT2D eigenvalue weighted by molar-refractivity contribution is 5.96. The second kappa shape index (κ2) is 8.55. The molecule has 38 heavy (non-hydrogen) atoms. The van der Waals surface area contributed by atoms with Crippen molar-refractivity contribution in [2.24, 2.45) is 5.92 Å². The maximum Gasteiger partial charge on any atom is 0.184 e. The van der Waals surface area contributed by atoms with Crippen LogP contribution in [0, 0.1) is 17.6 Å². The van der Waals surface area contributed by atoms with E-state index < -0.39 is 5.82 Å². The fourth-order valence-corrected chi connectivity index (χ4v) is 4.63. The number of rotatable bonds is 6. The van der Waals surface area contributed by atoms with Gasteiger partial charge < -0.3 is 10.3 Å². The summed E-state index contributed by atoms with van der Waals surface area (Å²) in [5.74, 6) is -0.0967. The summed E-state index contributed by atoms with van der Waals surface area (Å²) in [6, 6.07) is 9.99. The minimum Gasteiger partial charge on any atom is -0.358 e. The number of hydrogen-bond donors (Lipinski definition) is 3. The maximum atomic E-state index is 16.0. The van der Waals surface area contributed by atoms with Crippen LogP contribution in [0.1, 0.15) is 12.8 Å². The number of nitrogens with zero attached hydrogens (tertiary/aromatic N) is 5. The Bertz CT molecular complexity index is 1870. The molecular weight excluding hydrogens is 486 g/mol. The zero-order chi connectivity index (χ0) is 25.8. The number of H-pyrrole nitrogens is 2. The van der Waals surface area contributed by atoms with E-state index in [1.165, 1.54) is 12.3 Å². The van der Waals surface area contributed by atoms with E-state index in [2.05, 4.69) is 47.0 Å². The van der Waals surface area contributed by atoms with Gasteiger partial charge >= 0.3 is 0 Å². The zero-order valence-corrected chi connectivity index (χ0v) is 20.0. The number of aromatic amines is 2. The molecular formula is C28H20F2N8. The first-order chi connectivity index (χ1) is 18.6. The molecule has 0 bridgehead atoms. The van der Waals surface area contributed by atoms with Gasteiger partial charge in [0.25, 0.3) is 0 Å². The van der Waals surface area contributed by atoms with Crippen LogP contribution in [-0.4, -0.2) is 35.1 Å². The van der Waals surface area contributed by atoms with Gasteiger partial charge in [-0.1, -0.05) is 24.8 Å². The van der Waals surface area contributed by atoms with Crippen LogP contribution in [0.5, 0.6) is 0 Å². The van der Waals surface area contributed by atoms with Crippen LogP contribution in [-0.2, 0) is 0 Å². The lowest BCUT2D eigenvalue weighted by atomic mass is 10.1. The minimum absolute atomic E-state index is 0.176. The average Bonchev–Trinajstić information content (AvgIpc) is 3.54. The number of anilines is 1. The Morgan fingerprint density at radius 2 is 1.84 bits per heavy atom. The van der Waals surface area contributed by atoms with Gasteiger partial charge in [-0.05, 0) is 37.0 Å². The summed E-state index contributed by atoms with van der Waals surface area (Å²) in [6.45, 7) is 4.09. The third kappa shape index (κ3) is 3.69. The van der Waals surface area contributed by atoms with Gasteiger partial charge in [-0.15, -0.1) is 0 Å². The predicted octanol–water partition coefficient (Wildman–Crippen LogP) is 6.24. The third-order valence-corrected chi connectivity index (χ3v) is 6.74. The summed E-state index contributed by atoms with van der Waals surface area (Å²) in [5.41, 5.74) is 4.91. The monoisotopic (exact) mass is 506 g/mol. The van der Waals surface area contributed by atoms with Crippen molar-refractivity contribution in [3.05, 3.63) is 85.1 Å². The number of fused-ring (bicyclic) bond motifs is 2. The van der Waals surface area contributed by atoms with Gasteiger partial charge in [0.15, 0.2) is 17.1 Å². The van der Waals surface area contributed by atoms with Crippen molar-refractivity contribution in [1.82, 2.24) is 35.1 Å². The number of benzene rings is 1. The molecule has 7 rings (SSSR count). The molecule has 3 N–H and O–H groups in total. The lowest BCUT2D eigenvalue weighted by Crippen LogP contribution is -2.00. The fraction of sp³-hybridized carbons (Fsp3) is 0.107. The molecule has 1 saturated carbocycles. The van der Waals surface area contributed by atoms with E-state index in [9.17, 15) is 4.39 Å². The molecule has 1 aliphatic rings. The van der Waals surface area contributed by atoms with Crippen LogP contribution in [0.4, 0.5) is 14.5 Å². The minimum atomic E-state index is -0.513. The first-order valence-corrected chi connectivity index (χ1v) is 12.1. The molecule has 0 amide bonds.